The summed E-state index contributed by atoms with van der Waals surface area (Å²) in [6.45, 7) is 7.14. The quantitative estimate of drug-likeness (QED) is 0.497. The molecule has 1 aliphatic rings. The summed E-state index contributed by atoms with van der Waals surface area (Å²) >= 11 is 0. The summed E-state index contributed by atoms with van der Waals surface area (Å²) in [5.41, 5.74) is 2.55. The number of sulfone groups is 1. The fourth-order valence-corrected chi connectivity index (χ4v) is 5.15. The van der Waals surface area contributed by atoms with Crippen LogP contribution in [-0.2, 0) is 31.2 Å². The molecule has 1 fully saturated rings. The van der Waals surface area contributed by atoms with Gasteiger partial charge >= 0.3 is 5.97 Å². The fraction of sp³-hybridized carbons (Fsp3) is 0.632. The van der Waals surface area contributed by atoms with Crippen molar-refractivity contribution in [3.8, 4) is 0 Å². The van der Waals surface area contributed by atoms with Crippen LogP contribution in [-0.4, -0.2) is 65.2 Å². The number of rotatable bonds is 7. The maximum absolute atomic E-state index is 12.6. The number of esters is 1. The molecule has 2 heterocycles. The van der Waals surface area contributed by atoms with Crippen LogP contribution in [0.1, 0.15) is 43.6 Å². The van der Waals surface area contributed by atoms with E-state index in [2.05, 4.69) is 5.10 Å². The SMILES string of the molecule is CC[C@@H](C)N(C(=O)COC(=O)/C=C/c1c(C)nn(C)c1C)[C@@H]1CCS(=O)(=O)C1. The molecule has 8 nitrogen and oxygen atoms in total. The highest BCUT2D eigenvalue weighted by atomic mass is 32.2. The van der Waals surface area contributed by atoms with E-state index in [1.165, 1.54) is 6.08 Å². The van der Waals surface area contributed by atoms with Crippen LogP contribution >= 0.6 is 0 Å². The smallest absolute Gasteiger partial charge is 0.331 e. The van der Waals surface area contributed by atoms with E-state index >= 15 is 0 Å². The molecule has 0 unspecified atom stereocenters. The lowest BCUT2D eigenvalue weighted by Crippen LogP contribution is -2.48. The Morgan fingerprint density at radius 2 is 2.07 bits per heavy atom. The van der Waals surface area contributed by atoms with Crippen LogP contribution < -0.4 is 0 Å². The van der Waals surface area contributed by atoms with E-state index in [1.807, 2.05) is 34.7 Å². The van der Waals surface area contributed by atoms with Gasteiger partial charge in [0.05, 0.1) is 17.2 Å². The standard InChI is InChI=1S/C19H29N3O5S/c1-6-13(2)22(16-9-10-28(25,26)12-16)18(23)11-27-19(24)8-7-17-14(3)20-21(5)15(17)4/h7-8,13,16H,6,9-12H2,1-5H3/b8-7+/t13-,16-/m1/s1. The van der Waals surface area contributed by atoms with Gasteiger partial charge in [-0.3, -0.25) is 9.48 Å². The van der Waals surface area contributed by atoms with E-state index in [-0.39, 0.29) is 29.5 Å². The van der Waals surface area contributed by atoms with E-state index in [0.717, 1.165) is 17.0 Å². The van der Waals surface area contributed by atoms with Gasteiger partial charge in [-0.1, -0.05) is 6.92 Å². The highest BCUT2D eigenvalue weighted by Crippen LogP contribution is 2.21. The molecule has 9 heteroatoms. The third-order valence-corrected chi connectivity index (χ3v) is 6.99. The van der Waals surface area contributed by atoms with Crippen molar-refractivity contribution >= 4 is 27.8 Å². The van der Waals surface area contributed by atoms with Crippen molar-refractivity contribution in [3.05, 3.63) is 23.0 Å². The lowest BCUT2D eigenvalue weighted by Gasteiger charge is -2.33. The zero-order valence-electron chi connectivity index (χ0n) is 17.1. The monoisotopic (exact) mass is 411 g/mol. The number of ether oxygens (including phenoxy) is 1. The topological polar surface area (TPSA) is 98.6 Å². The van der Waals surface area contributed by atoms with Gasteiger partial charge in [0.15, 0.2) is 16.4 Å². The minimum absolute atomic E-state index is 0.0313. The van der Waals surface area contributed by atoms with Crippen LogP contribution in [0.25, 0.3) is 6.08 Å². The largest absolute Gasteiger partial charge is 0.452 e. The summed E-state index contributed by atoms with van der Waals surface area (Å²) in [4.78, 5) is 26.2. The Labute approximate surface area is 166 Å². The summed E-state index contributed by atoms with van der Waals surface area (Å²) in [6.07, 6.45) is 4.01. The Hall–Kier alpha value is -2.16. The zero-order valence-corrected chi connectivity index (χ0v) is 18.0. The van der Waals surface area contributed by atoms with Crippen LogP contribution in [0.5, 0.6) is 0 Å². The molecule has 28 heavy (non-hydrogen) atoms. The number of hydrogen-bond acceptors (Lipinski definition) is 6. The first-order valence-corrected chi connectivity index (χ1v) is 11.2. The molecule has 0 radical (unpaired) electrons. The van der Waals surface area contributed by atoms with Gasteiger partial charge in [-0.05, 0) is 39.7 Å². The Bertz CT molecular complexity index is 872. The molecule has 0 N–H and O–H groups in total. The molecule has 0 spiro atoms. The van der Waals surface area contributed by atoms with Crippen molar-refractivity contribution in [1.29, 1.82) is 0 Å². The maximum atomic E-state index is 12.6. The molecule has 1 amide bonds. The number of aromatic nitrogens is 2. The van der Waals surface area contributed by atoms with Crippen LogP contribution in [0.15, 0.2) is 6.08 Å². The molecule has 0 bridgehead atoms. The predicted octanol–water partition coefficient (Wildman–Crippen LogP) is 1.41. The van der Waals surface area contributed by atoms with Crippen molar-refractivity contribution in [2.75, 3.05) is 18.1 Å². The first-order chi connectivity index (χ1) is 13.1. The van der Waals surface area contributed by atoms with Crippen molar-refractivity contribution in [2.45, 2.75) is 52.6 Å². The molecule has 0 aliphatic carbocycles. The molecule has 1 aliphatic heterocycles. The van der Waals surface area contributed by atoms with Gasteiger partial charge in [0.1, 0.15) is 0 Å². The molecular formula is C19H29N3O5S. The Kier molecular flexibility index (Phi) is 7.03. The average molecular weight is 412 g/mol. The molecule has 156 valence electrons. The number of amides is 1. The second-order valence-electron chi connectivity index (χ2n) is 7.26. The fourth-order valence-electron chi connectivity index (χ4n) is 3.44. The van der Waals surface area contributed by atoms with E-state index in [9.17, 15) is 18.0 Å². The van der Waals surface area contributed by atoms with Gasteiger partial charge in [0, 0.05) is 36.5 Å². The Morgan fingerprint density at radius 1 is 1.39 bits per heavy atom. The van der Waals surface area contributed by atoms with Crippen molar-refractivity contribution in [3.63, 3.8) is 0 Å². The predicted molar refractivity (Wildman–Crippen MR) is 106 cm³/mol. The number of nitrogens with zero attached hydrogens (tertiary/aromatic N) is 3. The molecule has 2 atom stereocenters. The third-order valence-electron chi connectivity index (χ3n) is 5.24. The number of hydrogen-bond donors (Lipinski definition) is 0. The van der Waals surface area contributed by atoms with E-state index in [4.69, 9.17) is 4.74 Å². The van der Waals surface area contributed by atoms with Crippen molar-refractivity contribution in [2.24, 2.45) is 7.05 Å². The average Bonchev–Trinajstić information content (AvgIpc) is 3.10. The molecule has 1 saturated heterocycles. The molecule has 2 rings (SSSR count). The van der Waals surface area contributed by atoms with E-state index in [0.29, 0.717) is 12.8 Å². The maximum Gasteiger partial charge on any atom is 0.331 e. The molecule has 1 aromatic heterocycles. The summed E-state index contributed by atoms with van der Waals surface area (Å²) in [5.74, 6) is -0.938. The summed E-state index contributed by atoms with van der Waals surface area (Å²) in [7, 11) is -1.29. The second kappa shape index (κ2) is 8.89. The molecule has 1 aromatic rings. The summed E-state index contributed by atoms with van der Waals surface area (Å²) < 4.78 is 30.4. The lowest BCUT2D eigenvalue weighted by molar-refractivity contribution is -0.150. The zero-order chi connectivity index (χ0) is 21.1. The minimum atomic E-state index is -3.11. The van der Waals surface area contributed by atoms with E-state index < -0.39 is 22.4 Å². The van der Waals surface area contributed by atoms with Crippen LogP contribution in [0, 0.1) is 13.8 Å². The first-order valence-electron chi connectivity index (χ1n) is 9.42. The highest BCUT2D eigenvalue weighted by Gasteiger charge is 2.36. The second-order valence-corrected chi connectivity index (χ2v) is 9.49. The normalized spacial score (nSPS) is 19.7. The van der Waals surface area contributed by atoms with Gasteiger partial charge in [0.25, 0.3) is 5.91 Å². The van der Waals surface area contributed by atoms with Crippen LogP contribution in [0.3, 0.4) is 0 Å². The number of carbonyl (C=O) groups is 2. The van der Waals surface area contributed by atoms with E-state index in [1.54, 1.807) is 15.7 Å². The molecule has 0 saturated carbocycles. The minimum Gasteiger partial charge on any atom is -0.452 e. The summed E-state index contributed by atoms with van der Waals surface area (Å²) in [6, 6.07) is -0.483. The van der Waals surface area contributed by atoms with Crippen LogP contribution in [0.4, 0.5) is 0 Å². The van der Waals surface area contributed by atoms with Crippen molar-refractivity contribution in [1.82, 2.24) is 14.7 Å². The summed E-state index contributed by atoms with van der Waals surface area (Å²) in [5, 5.41) is 4.27. The first kappa shape index (κ1) is 22.1. The van der Waals surface area contributed by atoms with Crippen LogP contribution in [0.2, 0.25) is 0 Å². The molecule has 0 aromatic carbocycles. The van der Waals surface area contributed by atoms with Gasteiger partial charge in [0.2, 0.25) is 0 Å². The van der Waals surface area contributed by atoms with Gasteiger partial charge in [-0.15, -0.1) is 0 Å². The number of aryl methyl sites for hydroxylation is 2. The van der Waals surface area contributed by atoms with Crippen molar-refractivity contribution < 1.29 is 22.7 Å². The van der Waals surface area contributed by atoms with Gasteiger partial charge in [-0.25, -0.2) is 13.2 Å². The Morgan fingerprint density at radius 3 is 2.57 bits per heavy atom. The highest BCUT2D eigenvalue weighted by molar-refractivity contribution is 7.91. The molecular weight excluding hydrogens is 382 g/mol. The van der Waals surface area contributed by atoms with Gasteiger partial charge < -0.3 is 9.64 Å². The Balaban J connectivity index is 1.99. The third kappa shape index (κ3) is 5.21. The van der Waals surface area contributed by atoms with Gasteiger partial charge in [-0.2, -0.15) is 5.10 Å². The lowest BCUT2D eigenvalue weighted by atomic mass is 10.1. The number of carbonyl (C=O) groups excluding carboxylic acids is 2.